The van der Waals surface area contributed by atoms with Crippen molar-refractivity contribution in [3.63, 3.8) is 0 Å². The van der Waals surface area contributed by atoms with Gasteiger partial charge in [-0.25, -0.2) is 5.01 Å². The third-order valence-corrected chi connectivity index (χ3v) is 2.73. The van der Waals surface area contributed by atoms with Crippen molar-refractivity contribution in [3.05, 3.63) is 42.1 Å². The van der Waals surface area contributed by atoms with E-state index in [1.54, 1.807) is 6.08 Å². The zero-order chi connectivity index (χ0) is 13.5. The van der Waals surface area contributed by atoms with E-state index in [9.17, 15) is 4.79 Å². The predicted octanol–water partition coefficient (Wildman–Crippen LogP) is 1.37. The molecule has 1 aromatic rings. The molecule has 1 amide bonds. The molecule has 0 radical (unpaired) electrons. The molecule has 0 aromatic heterocycles. The maximum Gasteiger partial charge on any atom is 0.250 e. The molecule has 1 heterocycles. The molecule has 1 aromatic carbocycles. The quantitative estimate of drug-likeness (QED) is 0.804. The number of hydrogen-bond donors (Lipinski definition) is 2. The van der Waals surface area contributed by atoms with Crippen LogP contribution in [0.15, 0.2) is 42.1 Å². The van der Waals surface area contributed by atoms with Gasteiger partial charge in [0, 0.05) is 30.5 Å². The Hall–Kier alpha value is -1.85. The summed E-state index contributed by atoms with van der Waals surface area (Å²) in [4.78, 5) is 11.8. The fourth-order valence-corrected chi connectivity index (χ4v) is 1.85. The lowest BCUT2D eigenvalue weighted by Crippen LogP contribution is -2.44. The smallest absolute Gasteiger partial charge is 0.250 e. The van der Waals surface area contributed by atoms with Crippen molar-refractivity contribution in [2.24, 2.45) is 0 Å². The maximum atomic E-state index is 11.8. The molecule has 2 N–H and O–H groups in total. The third kappa shape index (κ3) is 4.73. The van der Waals surface area contributed by atoms with Crippen LogP contribution in [0.1, 0.15) is 6.92 Å². The number of ether oxygens (including phenoxy) is 1. The largest absolute Gasteiger partial charge is 0.379 e. The van der Waals surface area contributed by atoms with Gasteiger partial charge in [-0.15, -0.1) is 0 Å². The van der Waals surface area contributed by atoms with Crippen molar-refractivity contribution >= 4 is 11.6 Å². The monoisotopic (exact) mass is 261 g/mol. The van der Waals surface area contributed by atoms with Crippen molar-refractivity contribution in [2.75, 3.05) is 31.6 Å². The number of rotatable bonds is 4. The van der Waals surface area contributed by atoms with Crippen LogP contribution in [0.2, 0.25) is 0 Å². The van der Waals surface area contributed by atoms with Crippen molar-refractivity contribution in [2.45, 2.75) is 6.92 Å². The van der Waals surface area contributed by atoms with Gasteiger partial charge < -0.3 is 15.5 Å². The van der Waals surface area contributed by atoms with Crippen LogP contribution in [0, 0.1) is 0 Å². The van der Waals surface area contributed by atoms with E-state index in [1.807, 2.05) is 42.3 Å². The van der Waals surface area contributed by atoms with E-state index >= 15 is 0 Å². The van der Waals surface area contributed by atoms with Gasteiger partial charge >= 0.3 is 0 Å². The number of amides is 1. The number of nitrogens with one attached hydrogen (secondary N) is 2. The SMILES string of the molecule is C/C(=C/C(=O)Nc1ccccc1)NN1CCOCC1. The fraction of sp³-hybridized carbons (Fsp3) is 0.357. The van der Waals surface area contributed by atoms with Gasteiger partial charge in [-0.05, 0) is 19.1 Å². The number of carbonyl (C=O) groups excluding carboxylic acids is 1. The van der Waals surface area contributed by atoms with Crippen LogP contribution in [0.4, 0.5) is 5.69 Å². The summed E-state index contributed by atoms with van der Waals surface area (Å²) in [6.45, 7) is 4.96. The second-order valence-corrected chi connectivity index (χ2v) is 4.39. The molecule has 5 nitrogen and oxygen atoms in total. The minimum absolute atomic E-state index is 0.135. The number of para-hydroxylation sites is 1. The summed E-state index contributed by atoms with van der Waals surface area (Å²) >= 11 is 0. The first-order valence-electron chi connectivity index (χ1n) is 6.38. The highest BCUT2D eigenvalue weighted by Crippen LogP contribution is 2.05. The molecule has 0 aliphatic carbocycles. The first-order chi connectivity index (χ1) is 9.24. The standard InChI is InChI=1S/C14H19N3O2/c1-12(16-17-7-9-19-10-8-17)11-14(18)15-13-5-3-2-4-6-13/h2-6,11,16H,7-10H2,1H3,(H,15,18)/b12-11-. The van der Waals surface area contributed by atoms with E-state index in [0.717, 1.165) is 37.7 Å². The Morgan fingerprint density at radius 2 is 1.95 bits per heavy atom. The number of nitrogens with zero attached hydrogens (tertiary/aromatic N) is 1. The second-order valence-electron chi connectivity index (χ2n) is 4.39. The molecule has 0 unspecified atom stereocenters. The fourth-order valence-electron chi connectivity index (χ4n) is 1.85. The van der Waals surface area contributed by atoms with E-state index in [1.165, 1.54) is 0 Å². The Morgan fingerprint density at radius 3 is 2.63 bits per heavy atom. The Morgan fingerprint density at radius 1 is 1.26 bits per heavy atom. The highest BCUT2D eigenvalue weighted by molar-refractivity contribution is 5.99. The lowest BCUT2D eigenvalue weighted by atomic mass is 10.3. The zero-order valence-corrected chi connectivity index (χ0v) is 11.1. The van der Waals surface area contributed by atoms with Crippen molar-refractivity contribution in [1.82, 2.24) is 10.4 Å². The predicted molar refractivity (Wildman–Crippen MR) is 74.4 cm³/mol. The summed E-state index contributed by atoms with van der Waals surface area (Å²) in [6, 6.07) is 9.40. The van der Waals surface area contributed by atoms with Crippen molar-refractivity contribution in [3.8, 4) is 0 Å². The Kier molecular flexibility index (Phi) is 4.94. The molecular formula is C14H19N3O2. The summed E-state index contributed by atoms with van der Waals surface area (Å²) in [5, 5.41) is 4.86. The lowest BCUT2D eigenvalue weighted by molar-refractivity contribution is -0.112. The van der Waals surface area contributed by atoms with Gasteiger partial charge in [-0.1, -0.05) is 18.2 Å². The van der Waals surface area contributed by atoms with E-state index in [2.05, 4.69) is 10.7 Å². The van der Waals surface area contributed by atoms with Crippen LogP contribution in [0.25, 0.3) is 0 Å². The summed E-state index contributed by atoms with van der Waals surface area (Å²) in [6.07, 6.45) is 1.56. The molecular weight excluding hydrogens is 242 g/mol. The number of hydrogen-bond acceptors (Lipinski definition) is 4. The van der Waals surface area contributed by atoms with Gasteiger partial charge in [0.25, 0.3) is 0 Å². The van der Waals surface area contributed by atoms with E-state index in [-0.39, 0.29) is 5.91 Å². The molecule has 0 atom stereocenters. The normalized spacial score (nSPS) is 17.0. The van der Waals surface area contributed by atoms with Crippen LogP contribution in [0.3, 0.4) is 0 Å². The summed E-state index contributed by atoms with van der Waals surface area (Å²) in [5.41, 5.74) is 4.80. The van der Waals surface area contributed by atoms with Crippen LogP contribution in [-0.2, 0) is 9.53 Å². The molecule has 2 rings (SSSR count). The van der Waals surface area contributed by atoms with E-state index in [0.29, 0.717) is 0 Å². The van der Waals surface area contributed by atoms with E-state index in [4.69, 9.17) is 4.74 Å². The molecule has 1 fully saturated rings. The number of allylic oxidation sites excluding steroid dienone is 1. The average Bonchev–Trinajstić information content (AvgIpc) is 2.40. The average molecular weight is 261 g/mol. The molecule has 0 bridgehead atoms. The molecule has 0 spiro atoms. The van der Waals surface area contributed by atoms with Crippen LogP contribution in [-0.4, -0.2) is 37.2 Å². The number of anilines is 1. The maximum absolute atomic E-state index is 11.8. The van der Waals surface area contributed by atoms with Crippen LogP contribution < -0.4 is 10.7 Å². The van der Waals surface area contributed by atoms with Crippen molar-refractivity contribution < 1.29 is 9.53 Å². The Bertz CT molecular complexity index is 439. The molecule has 1 aliphatic heterocycles. The molecule has 5 heteroatoms. The van der Waals surface area contributed by atoms with Gasteiger partial charge in [-0.2, -0.15) is 0 Å². The number of benzene rings is 1. The van der Waals surface area contributed by atoms with Gasteiger partial charge in [0.2, 0.25) is 5.91 Å². The molecule has 0 saturated carbocycles. The number of morpholine rings is 1. The first kappa shape index (κ1) is 13.6. The lowest BCUT2D eigenvalue weighted by Gasteiger charge is -2.28. The second kappa shape index (κ2) is 6.92. The topological polar surface area (TPSA) is 53.6 Å². The zero-order valence-electron chi connectivity index (χ0n) is 11.1. The Balaban J connectivity index is 1.83. The van der Waals surface area contributed by atoms with Gasteiger partial charge in [0.05, 0.1) is 13.2 Å². The van der Waals surface area contributed by atoms with Crippen molar-refractivity contribution in [1.29, 1.82) is 0 Å². The van der Waals surface area contributed by atoms with Crippen LogP contribution in [0.5, 0.6) is 0 Å². The first-order valence-corrected chi connectivity index (χ1v) is 6.38. The highest BCUT2D eigenvalue weighted by atomic mass is 16.5. The summed E-state index contributed by atoms with van der Waals surface area (Å²) < 4.78 is 5.26. The molecule has 102 valence electrons. The summed E-state index contributed by atoms with van der Waals surface area (Å²) in [7, 11) is 0. The van der Waals surface area contributed by atoms with Gasteiger partial charge in [0.1, 0.15) is 0 Å². The molecule has 1 saturated heterocycles. The number of carbonyl (C=O) groups is 1. The van der Waals surface area contributed by atoms with E-state index < -0.39 is 0 Å². The third-order valence-electron chi connectivity index (χ3n) is 2.73. The minimum atomic E-state index is -0.135. The number of hydrazine groups is 1. The molecule has 1 aliphatic rings. The summed E-state index contributed by atoms with van der Waals surface area (Å²) in [5.74, 6) is -0.135. The van der Waals surface area contributed by atoms with Gasteiger partial charge in [-0.3, -0.25) is 4.79 Å². The Labute approximate surface area is 113 Å². The highest BCUT2D eigenvalue weighted by Gasteiger charge is 2.09. The minimum Gasteiger partial charge on any atom is -0.379 e. The molecule has 19 heavy (non-hydrogen) atoms. The van der Waals surface area contributed by atoms with Crippen LogP contribution >= 0.6 is 0 Å². The van der Waals surface area contributed by atoms with Gasteiger partial charge in [0.15, 0.2) is 0 Å².